The first-order valence-electron chi connectivity index (χ1n) is 6.02. The number of fused-ring (bicyclic) bond motifs is 1. The Hall–Kier alpha value is -1.19. The molecule has 2 nitrogen and oxygen atoms in total. The van der Waals surface area contributed by atoms with Crippen LogP contribution in [0.15, 0.2) is 29.6 Å². The van der Waals surface area contributed by atoms with Crippen molar-refractivity contribution in [1.29, 1.82) is 0 Å². The molecule has 2 aromatic rings. The molecule has 0 saturated carbocycles. The molecular formula is C14H16N2S. The van der Waals surface area contributed by atoms with E-state index in [1.165, 1.54) is 16.1 Å². The number of aromatic nitrogens is 1. The van der Waals surface area contributed by atoms with Crippen LogP contribution in [0, 0.1) is 6.92 Å². The van der Waals surface area contributed by atoms with Crippen molar-refractivity contribution in [3.05, 3.63) is 51.5 Å². The second-order valence-electron chi connectivity index (χ2n) is 4.64. The van der Waals surface area contributed by atoms with Crippen LogP contribution in [0.2, 0.25) is 0 Å². The first-order chi connectivity index (χ1) is 8.31. The maximum Gasteiger partial charge on any atom is 0.107 e. The highest BCUT2D eigenvalue weighted by Gasteiger charge is 2.20. The molecule has 0 radical (unpaired) electrons. The van der Waals surface area contributed by atoms with Gasteiger partial charge in [0.05, 0.1) is 0 Å². The van der Waals surface area contributed by atoms with Crippen LogP contribution < -0.4 is 5.32 Å². The standard InChI is InChI=1S/C14H16N2S/c1-10-9-17-14(16-10)8-15-13-6-11-4-2-3-5-12(11)7-13/h2-5,9,13,15H,6-8H2,1H3. The van der Waals surface area contributed by atoms with Gasteiger partial charge in [0.15, 0.2) is 0 Å². The molecule has 1 aliphatic carbocycles. The van der Waals surface area contributed by atoms with Crippen LogP contribution in [-0.4, -0.2) is 11.0 Å². The Kier molecular flexibility index (Phi) is 2.95. The molecule has 0 fully saturated rings. The lowest BCUT2D eigenvalue weighted by molar-refractivity contribution is 0.531. The van der Waals surface area contributed by atoms with Crippen LogP contribution in [0.5, 0.6) is 0 Å². The third-order valence-electron chi connectivity index (χ3n) is 3.26. The van der Waals surface area contributed by atoms with Crippen molar-refractivity contribution in [2.24, 2.45) is 0 Å². The lowest BCUT2D eigenvalue weighted by atomic mass is 10.1. The minimum absolute atomic E-state index is 0.580. The summed E-state index contributed by atoms with van der Waals surface area (Å²) >= 11 is 1.74. The van der Waals surface area contributed by atoms with E-state index in [-0.39, 0.29) is 0 Å². The summed E-state index contributed by atoms with van der Waals surface area (Å²) in [6.45, 7) is 2.95. The van der Waals surface area contributed by atoms with Crippen LogP contribution in [0.1, 0.15) is 21.8 Å². The SMILES string of the molecule is Cc1csc(CNC2Cc3ccccc3C2)n1. The topological polar surface area (TPSA) is 24.9 Å². The third kappa shape index (κ3) is 2.40. The first-order valence-corrected chi connectivity index (χ1v) is 6.90. The highest BCUT2D eigenvalue weighted by molar-refractivity contribution is 7.09. The molecule has 1 heterocycles. The first kappa shape index (κ1) is 10.9. The van der Waals surface area contributed by atoms with E-state index in [1.54, 1.807) is 11.3 Å². The molecule has 3 rings (SSSR count). The summed E-state index contributed by atoms with van der Waals surface area (Å²) in [5.74, 6) is 0. The molecule has 0 spiro atoms. The van der Waals surface area contributed by atoms with E-state index in [9.17, 15) is 0 Å². The van der Waals surface area contributed by atoms with E-state index in [0.717, 1.165) is 25.1 Å². The van der Waals surface area contributed by atoms with Gasteiger partial charge in [0.1, 0.15) is 5.01 Å². The Bertz CT molecular complexity index is 493. The summed E-state index contributed by atoms with van der Waals surface area (Å²) < 4.78 is 0. The average molecular weight is 244 g/mol. The van der Waals surface area contributed by atoms with Crippen LogP contribution in [-0.2, 0) is 19.4 Å². The van der Waals surface area contributed by atoms with Gasteiger partial charge in [-0.2, -0.15) is 0 Å². The Morgan fingerprint density at radius 1 is 1.29 bits per heavy atom. The molecule has 1 aromatic carbocycles. The van der Waals surface area contributed by atoms with E-state index in [4.69, 9.17) is 0 Å². The van der Waals surface area contributed by atoms with Crippen LogP contribution in [0.4, 0.5) is 0 Å². The molecule has 3 heteroatoms. The molecule has 0 amide bonds. The van der Waals surface area contributed by atoms with Gasteiger partial charge < -0.3 is 5.32 Å². The fourth-order valence-electron chi connectivity index (χ4n) is 2.42. The molecule has 0 unspecified atom stereocenters. The van der Waals surface area contributed by atoms with Crippen LogP contribution in [0.3, 0.4) is 0 Å². The average Bonchev–Trinajstić information content (AvgIpc) is 2.91. The maximum atomic E-state index is 4.48. The second-order valence-corrected chi connectivity index (χ2v) is 5.58. The molecule has 1 aliphatic rings. The van der Waals surface area contributed by atoms with E-state index >= 15 is 0 Å². The van der Waals surface area contributed by atoms with Gasteiger partial charge in [-0.25, -0.2) is 4.98 Å². The highest BCUT2D eigenvalue weighted by atomic mass is 32.1. The Morgan fingerprint density at radius 2 is 2.00 bits per heavy atom. The predicted molar refractivity (Wildman–Crippen MR) is 71.3 cm³/mol. The van der Waals surface area contributed by atoms with Crippen LogP contribution >= 0.6 is 11.3 Å². The molecule has 0 atom stereocenters. The summed E-state index contributed by atoms with van der Waals surface area (Å²) in [6, 6.07) is 9.32. The monoisotopic (exact) mass is 244 g/mol. The number of nitrogens with zero attached hydrogens (tertiary/aromatic N) is 1. The minimum Gasteiger partial charge on any atom is -0.307 e. The number of nitrogens with one attached hydrogen (secondary N) is 1. The third-order valence-corrected chi connectivity index (χ3v) is 4.23. The van der Waals surface area contributed by atoms with Gasteiger partial charge in [-0.05, 0) is 30.9 Å². The second kappa shape index (κ2) is 4.59. The van der Waals surface area contributed by atoms with Crippen molar-refractivity contribution in [3.8, 4) is 0 Å². The van der Waals surface area contributed by atoms with Gasteiger partial charge in [-0.15, -0.1) is 11.3 Å². The van der Waals surface area contributed by atoms with Crippen molar-refractivity contribution >= 4 is 11.3 Å². The summed E-state index contributed by atoms with van der Waals surface area (Å²) in [5.41, 5.74) is 4.13. The normalized spacial score (nSPS) is 15.1. The Labute approximate surface area is 106 Å². The number of benzene rings is 1. The molecule has 17 heavy (non-hydrogen) atoms. The largest absolute Gasteiger partial charge is 0.307 e. The van der Waals surface area contributed by atoms with Gasteiger partial charge in [0.25, 0.3) is 0 Å². The molecule has 1 N–H and O–H groups in total. The number of thiazole rings is 1. The minimum atomic E-state index is 0.580. The zero-order valence-corrected chi connectivity index (χ0v) is 10.8. The molecule has 1 aromatic heterocycles. The molecule has 0 aliphatic heterocycles. The van der Waals surface area contributed by atoms with Crippen molar-refractivity contribution in [2.45, 2.75) is 32.4 Å². The van der Waals surface area contributed by atoms with Gasteiger partial charge >= 0.3 is 0 Å². The van der Waals surface area contributed by atoms with Crippen LogP contribution in [0.25, 0.3) is 0 Å². The predicted octanol–water partition coefficient (Wildman–Crippen LogP) is 2.71. The van der Waals surface area contributed by atoms with Gasteiger partial charge in [-0.3, -0.25) is 0 Å². The molecule has 0 bridgehead atoms. The smallest absolute Gasteiger partial charge is 0.107 e. The maximum absolute atomic E-state index is 4.48. The van der Waals surface area contributed by atoms with Crippen molar-refractivity contribution < 1.29 is 0 Å². The fourth-order valence-corrected chi connectivity index (χ4v) is 3.14. The molecule has 88 valence electrons. The highest BCUT2D eigenvalue weighted by Crippen LogP contribution is 2.22. The summed E-state index contributed by atoms with van der Waals surface area (Å²) in [4.78, 5) is 4.48. The van der Waals surface area contributed by atoms with Crippen molar-refractivity contribution in [2.75, 3.05) is 0 Å². The zero-order chi connectivity index (χ0) is 11.7. The lowest BCUT2D eigenvalue weighted by Gasteiger charge is -2.09. The number of aryl methyl sites for hydroxylation is 1. The quantitative estimate of drug-likeness (QED) is 0.898. The van der Waals surface area contributed by atoms with Gasteiger partial charge in [0.2, 0.25) is 0 Å². The lowest BCUT2D eigenvalue weighted by Crippen LogP contribution is -2.28. The van der Waals surface area contributed by atoms with E-state index in [0.29, 0.717) is 6.04 Å². The summed E-state index contributed by atoms with van der Waals surface area (Å²) in [5, 5.41) is 6.91. The summed E-state index contributed by atoms with van der Waals surface area (Å²) in [7, 11) is 0. The molecule has 0 saturated heterocycles. The van der Waals surface area contributed by atoms with Crippen molar-refractivity contribution in [1.82, 2.24) is 10.3 Å². The van der Waals surface area contributed by atoms with E-state index < -0.39 is 0 Å². The summed E-state index contributed by atoms with van der Waals surface area (Å²) in [6.07, 6.45) is 2.31. The van der Waals surface area contributed by atoms with Crippen molar-refractivity contribution in [3.63, 3.8) is 0 Å². The number of rotatable bonds is 3. The van der Waals surface area contributed by atoms with E-state index in [1.807, 2.05) is 6.92 Å². The van der Waals surface area contributed by atoms with E-state index in [2.05, 4.69) is 39.9 Å². The fraction of sp³-hybridized carbons (Fsp3) is 0.357. The van der Waals surface area contributed by atoms with Gasteiger partial charge in [0, 0.05) is 23.7 Å². The zero-order valence-electron chi connectivity index (χ0n) is 9.94. The Balaban J connectivity index is 1.59. The Morgan fingerprint density at radius 3 is 2.59 bits per heavy atom. The van der Waals surface area contributed by atoms with Gasteiger partial charge in [-0.1, -0.05) is 24.3 Å². The molecular weight excluding hydrogens is 228 g/mol. The number of hydrogen-bond acceptors (Lipinski definition) is 3. The number of hydrogen-bond donors (Lipinski definition) is 1.